The number of H-pyrrole nitrogens is 1. The molecular formula is C19H11Cl2N3O2. The molecule has 2 heterocycles. The lowest BCUT2D eigenvalue weighted by Crippen LogP contribution is -2.22. The molecule has 2 aromatic heterocycles. The predicted octanol–water partition coefficient (Wildman–Crippen LogP) is 4.64. The number of benzene rings is 2. The monoisotopic (exact) mass is 383 g/mol. The molecule has 26 heavy (non-hydrogen) atoms. The summed E-state index contributed by atoms with van der Waals surface area (Å²) in [5.74, 6) is -0.527. The van der Waals surface area contributed by atoms with Gasteiger partial charge in [0.1, 0.15) is 5.56 Å². The zero-order valence-electron chi connectivity index (χ0n) is 13.2. The van der Waals surface area contributed by atoms with Crippen LogP contribution in [0.25, 0.3) is 21.8 Å². The molecule has 0 spiro atoms. The molecule has 5 nitrogen and oxygen atoms in total. The Morgan fingerprint density at radius 2 is 1.92 bits per heavy atom. The number of rotatable bonds is 2. The second-order valence-corrected chi connectivity index (χ2v) is 6.51. The number of nitrogens with one attached hydrogen (secondary N) is 2. The molecule has 0 radical (unpaired) electrons. The molecule has 0 aliphatic carbocycles. The van der Waals surface area contributed by atoms with E-state index in [0.29, 0.717) is 37.5 Å². The molecule has 0 aliphatic heterocycles. The van der Waals surface area contributed by atoms with E-state index in [2.05, 4.69) is 15.3 Å². The smallest absolute Gasteiger partial charge is 0.261 e. The average Bonchev–Trinajstić information content (AvgIpc) is 2.63. The minimum Gasteiger partial charge on any atom is -0.359 e. The minimum absolute atomic E-state index is 0.00763. The summed E-state index contributed by atoms with van der Waals surface area (Å²) in [4.78, 5) is 32.5. The quantitative estimate of drug-likeness (QED) is 0.529. The number of pyridine rings is 2. The second-order valence-electron chi connectivity index (χ2n) is 5.67. The fourth-order valence-electron chi connectivity index (χ4n) is 2.80. The first-order valence-corrected chi connectivity index (χ1v) is 8.46. The molecule has 0 bridgehead atoms. The van der Waals surface area contributed by atoms with E-state index in [4.69, 9.17) is 23.2 Å². The predicted molar refractivity (Wildman–Crippen MR) is 104 cm³/mol. The number of anilines is 1. The van der Waals surface area contributed by atoms with Crippen molar-refractivity contribution in [2.45, 2.75) is 0 Å². The van der Waals surface area contributed by atoms with Gasteiger partial charge in [-0.05, 0) is 36.4 Å². The summed E-state index contributed by atoms with van der Waals surface area (Å²) in [6, 6.07) is 11.8. The van der Waals surface area contributed by atoms with Gasteiger partial charge in [-0.15, -0.1) is 0 Å². The van der Waals surface area contributed by atoms with Gasteiger partial charge in [0, 0.05) is 28.2 Å². The summed E-state index contributed by atoms with van der Waals surface area (Å²) in [5.41, 5.74) is 1.30. The van der Waals surface area contributed by atoms with Crippen LogP contribution in [0.3, 0.4) is 0 Å². The van der Waals surface area contributed by atoms with Crippen LogP contribution in [-0.4, -0.2) is 15.9 Å². The highest BCUT2D eigenvalue weighted by molar-refractivity contribution is 6.35. The van der Waals surface area contributed by atoms with E-state index in [1.165, 1.54) is 6.20 Å². The highest BCUT2D eigenvalue weighted by atomic mass is 35.5. The maximum absolute atomic E-state index is 12.7. The van der Waals surface area contributed by atoms with Gasteiger partial charge in [-0.2, -0.15) is 0 Å². The maximum Gasteiger partial charge on any atom is 0.261 e. The van der Waals surface area contributed by atoms with Crippen LogP contribution in [0.5, 0.6) is 0 Å². The number of para-hydroxylation sites is 1. The van der Waals surface area contributed by atoms with Crippen LogP contribution >= 0.6 is 23.2 Å². The Bertz CT molecular complexity index is 1230. The fourth-order valence-corrected chi connectivity index (χ4v) is 3.20. The molecule has 128 valence electrons. The number of halogens is 2. The standard InChI is InChI=1S/C19H11Cl2N3O2/c20-10-4-5-15-12(8-10)16(6-7-22-15)24-19(26)13-9-23-17-11(18(13)25)2-1-3-14(17)21/h1-9H,(H,23,25)(H,22,24,26). The Balaban J connectivity index is 1.78. The molecule has 4 rings (SSSR count). The van der Waals surface area contributed by atoms with Crippen molar-refractivity contribution in [1.29, 1.82) is 0 Å². The summed E-state index contributed by atoms with van der Waals surface area (Å²) >= 11 is 12.1. The number of hydrogen-bond acceptors (Lipinski definition) is 3. The average molecular weight is 384 g/mol. The summed E-state index contributed by atoms with van der Waals surface area (Å²) < 4.78 is 0. The van der Waals surface area contributed by atoms with Crippen LogP contribution in [0.2, 0.25) is 10.0 Å². The zero-order chi connectivity index (χ0) is 18.3. The normalized spacial score (nSPS) is 11.0. The summed E-state index contributed by atoms with van der Waals surface area (Å²) in [7, 11) is 0. The van der Waals surface area contributed by atoms with Crippen molar-refractivity contribution in [3.8, 4) is 0 Å². The molecule has 2 aromatic carbocycles. The van der Waals surface area contributed by atoms with Crippen molar-refractivity contribution in [2.75, 3.05) is 5.32 Å². The molecule has 0 saturated carbocycles. The van der Waals surface area contributed by atoms with Crippen LogP contribution in [0.1, 0.15) is 10.4 Å². The Hall–Kier alpha value is -2.89. The fraction of sp³-hybridized carbons (Fsp3) is 0. The molecule has 0 fully saturated rings. The Labute approximate surface area is 157 Å². The molecule has 0 unspecified atom stereocenters. The number of carbonyl (C=O) groups excluding carboxylic acids is 1. The van der Waals surface area contributed by atoms with E-state index in [1.807, 2.05) is 0 Å². The SMILES string of the molecule is O=C(Nc1ccnc2ccc(Cl)cc12)c1c[nH]c2c(Cl)cccc2c1=O. The Morgan fingerprint density at radius 1 is 1.08 bits per heavy atom. The van der Waals surface area contributed by atoms with Gasteiger partial charge >= 0.3 is 0 Å². The van der Waals surface area contributed by atoms with E-state index < -0.39 is 11.3 Å². The van der Waals surface area contributed by atoms with Gasteiger partial charge < -0.3 is 10.3 Å². The molecule has 0 saturated heterocycles. The van der Waals surface area contributed by atoms with Gasteiger partial charge in [-0.1, -0.05) is 29.3 Å². The highest BCUT2D eigenvalue weighted by Crippen LogP contribution is 2.25. The van der Waals surface area contributed by atoms with Gasteiger partial charge in [-0.3, -0.25) is 14.6 Å². The van der Waals surface area contributed by atoms with Crippen molar-refractivity contribution in [3.63, 3.8) is 0 Å². The Morgan fingerprint density at radius 3 is 2.77 bits per heavy atom. The third-order valence-electron chi connectivity index (χ3n) is 4.06. The van der Waals surface area contributed by atoms with E-state index in [0.717, 1.165) is 0 Å². The van der Waals surface area contributed by atoms with Gasteiger partial charge in [0.25, 0.3) is 5.91 Å². The summed E-state index contributed by atoms with van der Waals surface area (Å²) in [5, 5.41) is 4.75. The number of fused-ring (bicyclic) bond motifs is 2. The molecule has 0 atom stereocenters. The maximum atomic E-state index is 12.7. The van der Waals surface area contributed by atoms with E-state index >= 15 is 0 Å². The van der Waals surface area contributed by atoms with E-state index in [9.17, 15) is 9.59 Å². The van der Waals surface area contributed by atoms with Crippen molar-refractivity contribution < 1.29 is 4.79 Å². The zero-order valence-corrected chi connectivity index (χ0v) is 14.7. The number of aromatic nitrogens is 2. The highest BCUT2D eigenvalue weighted by Gasteiger charge is 2.15. The molecule has 1 amide bonds. The summed E-state index contributed by atoms with van der Waals surface area (Å²) in [6.07, 6.45) is 2.94. The third-order valence-corrected chi connectivity index (χ3v) is 4.61. The number of nitrogens with zero attached hydrogens (tertiary/aromatic N) is 1. The van der Waals surface area contributed by atoms with Crippen molar-refractivity contribution >= 4 is 56.6 Å². The topological polar surface area (TPSA) is 74.8 Å². The number of hydrogen-bond donors (Lipinski definition) is 2. The second kappa shape index (κ2) is 6.44. The summed E-state index contributed by atoms with van der Waals surface area (Å²) in [6.45, 7) is 0. The Kier molecular flexibility index (Phi) is 4.11. The van der Waals surface area contributed by atoms with Crippen LogP contribution in [-0.2, 0) is 0 Å². The van der Waals surface area contributed by atoms with Crippen LogP contribution in [0, 0.1) is 0 Å². The van der Waals surface area contributed by atoms with Gasteiger partial charge in [0.05, 0.1) is 21.7 Å². The first kappa shape index (κ1) is 16.6. The van der Waals surface area contributed by atoms with E-state index in [1.54, 1.807) is 48.7 Å². The molecule has 4 aromatic rings. The van der Waals surface area contributed by atoms with Crippen molar-refractivity contribution in [3.05, 3.63) is 80.7 Å². The van der Waals surface area contributed by atoms with E-state index in [-0.39, 0.29) is 5.56 Å². The van der Waals surface area contributed by atoms with Crippen molar-refractivity contribution in [2.24, 2.45) is 0 Å². The minimum atomic E-state index is -0.527. The molecule has 2 N–H and O–H groups in total. The first-order chi connectivity index (χ1) is 12.5. The number of amides is 1. The molecule has 0 aliphatic rings. The van der Waals surface area contributed by atoms with Crippen molar-refractivity contribution in [1.82, 2.24) is 9.97 Å². The van der Waals surface area contributed by atoms with Gasteiger partial charge in [0.15, 0.2) is 0 Å². The lowest BCUT2D eigenvalue weighted by Gasteiger charge is -2.09. The number of aromatic amines is 1. The molecular weight excluding hydrogens is 373 g/mol. The van der Waals surface area contributed by atoms with Crippen LogP contribution < -0.4 is 10.7 Å². The van der Waals surface area contributed by atoms with Gasteiger partial charge in [-0.25, -0.2) is 0 Å². The lowest BCUT2D eigenvalue weighted by atomic mass is 10.1. The first-order valence-electron chi connectivity index (χ1n) is 7.70. The van der Waals surface area contributed by atoms with Gasteiger partial charge in [0.2, 0.25) is 5.43 Å². The lowest BCUT2D eigenvalue weighted by molar-refractivity contribution is 0.102. The van der Waals surface area contributed by atoms with Crippen LogP contribution in [0.15, 0.2) is 59.7 Å². The largest absolute Gasteiger partial charge is 0.359 e. The molecule has 7 heteroatoms. The third kappa shape index (κ3) is 2.81. The number of carbonyl (C=O) groups is 1. The van der Waals surface area contributed by atoms with Crippen LogP contribution in [0.4, 0.5) is 5.69 Å².